The average molecular weight is 326 g/mol. The van der Waals surface area contributed by atoms with Crippen LogP contribution in [0.3, 0.4) is 0 Å². The van der Waals surface area contributed by atoms with Crippen LogP contribution < -0.4 is 21.3 Å². The average Bonchev–Trinajstić information content (AvgIpc) is 2.61. The number of hydrogen-bond acceptors (Lipinski definition) is 5. The highest BCUT2D eigenvalue weighted by Gasteiger charge is 2.21. The Morgan fingerprint density at radius 1 is 1.29 bits per heavy atom. The van der Waals surface area contributed by atoms with Gasteiger partial charge in [-0.1, -0.05) is 18.2 Å². The Hall–Kier alpha value is -3.01. The van der Waals surface area contributed by atoms with Crippen molar-refractivity contribution in [1.82, 2.24) is 9.13 Å². The molecule has 0 aliphatic carbocycles. The van der Waals surface area contributed by atoms with Gasteiger partial charge in [0.25, 0.3) is 5.56 Å². The maximum Gasteiger partial charge on any atom is 0.332 e. The van der Waals surface area contributed by atoms with Crippen molar-refractivity contribution >= 4 is 5.82 Å². The van der Waals surface area contributed by atoms with E-state index in [-0.39, 0.29) is 17.3 Å². The van der Waals surface area contributed by atoms with Crippen LogP contribution in [0.4, 0.5) is 5.82 Å². The van der Waals surface area contributed by atoms with Crippen molar-refractivity contribution in [2.45, 2.75) is 6.42 Å². The Bertz CT molecular complexity index is 936. The zero-order valence-electron chi connectivity index (χ0n) is 13.6. The lowest BCUT2D eigenvalue weighted by Crippen LogP contribution is -2.40. The van der Waals surface area contributed by atoms with Gasteiger partial charge in [-0.3, -0.25) is 13.9 Å². The number of benzene rings is 1. The Kier molecular flexibility index (Phi) is 4.13. The molecule has 1 aliphatic rings. The molecule has 3 rings (SSSR count). The van der Waals surface area contributed by atoms with Crippen molar-refractivity contribution in [2.24, 2.45) is 20.0 Å². The van der Waals surface area contributed by atoms with Crippen LogP contribution in [0.2, 0.25) is 0 Å². The summed E-state index contributed by atoms with van der Waals surface area (Å²) >= 11 is 0. The van der Waals surface area contributed by atoms with E-state index < -0.39 is 11.2 Å². The maximum atomic E-state index is 12.1. The monoisotopic (exact) mass is 326 g/mol. The molecule has 0 radical (unpaired) electrons. The molecule has 1 atom stereocenters. The topological polar surface area (TPSA) is 89.1 Å². The summed E-state index contributed by atoms with van der Waals surface area (Å²) in [6.45, 7) is 1.05. The van der Waals surface area contributed by atoms with E-state index in [9.17, 15) is 14.9 Å². The Labute approximate surface area is 138 Å². The maximum absolute atomic E-state index is 12.1. The Balaban J connectivity index is 1.83. The number of hydrogen-bond donors (Lipinski definition) is 1. The van der Waals surface area contributed by atoms with Crippen molar-refractivity contribution in [2.75, 3.05) is 18.5 Å². The van der Waals surface area contributed by atoms with Crippen molar-refractivity contribution in [1.29, 1.82) is 5.26 Å². The number of nitriles is 1. The minimum absolute atomic E-state index is 0.0586. The second kappa shape index (κ2) is 6.24. The fourth-order valence-corrected chi connectivity index (χ4v) is 2.91. The van der Waals surface area contributed by atoms with Crippen LogP contribution in [0.15, 0.2) is 33.9 Å². The third-order valence-electron chi connectivity index (χ3n) is 4.29. The molecule has 0 spiro atoms. The Morgan fingerprint density at radius 3 is 2.79 bits per heavy atom. The SMILES string of the molecule is Cn1c(NCC2COc3ccccc3C2)c(C#N)c(=O)n(C)c1=O. The van der Waals surface area contributed by atoms with E-state index >= 15 is 0 Å². The molecule has 0 saturated carbocycles. The first-order chi connectivity index (χ1) is 11.5. The highest BCUT2D eigenvalue weighted by Crippen LogP contribution is 2.26. The number of nitrogens with zero attached hydrogens (tertiary/aromatic N) is 3. The lowest BCUT2D eigenvalue weighted by molar-refractivity contribution is 0.229. The number of aromatic nitrogens is 2. The zero-order chi connectivity index (χ0) is 17.3. The van der Waals surface area contributed by atoms with Gasteiger partial charge >= 0.3 is 5.69 Å². The van der Waals surface area contributed by atoms with Gasteiger partial charge in [0.1, 0.15) is 17.6 Å². The number of ether oxygens (including phenoxy) is 1. The normalized spacial score (nSPS) is 16.0. The summed E-state index contributed by atoms with van der Waals surface area (Å²) in [5, 5.41) is 12.4. The first-order valence-electron chi connectivity index (χ1n) is 7.67. The van der Waals surface area contributed by atoms with Crippen LogP contribution in [0.25, 0.3) is 0 Å². The van der Waals surface area contributed by atoms with Gasteiger partial charge in [-0.25, -0.2) is 4.79 Å². The summed E-state index contributed by atoms with van der Waals surface area (Å²) in [5.41, 5.74) is 0.0192. The number of fused-ring (bicyclic) bond motifs is 1. The highest BCUT2D eigenvalue weighted by atomic mass is 16.5. The van der Waals surface area contributed by atoms with Crippen LogP contribution in [0, 0.1) is 17.2 Å². The Morgan fingerprint density at radius 2 is 2.04 bits per heavy atom. The van der Waals surface area contributed by atoms with Crippen molar-refractivity contribution < 1.29 is 4.74 Å². The predicted molar refractivity (Wildman–Crippen MR) is 89.3 cm³/mol. The van der Waals surface area contributed by atoms with Gasteiger partial charge in [0, 0.05) is 26.6 Å². The molecule has 2 heterocycles. The molecule has 1 aliphatic heterocycles. The quantitative estimate of drug-likeness (QED) is 0.893. The minimum Gasteiger partial charge on any atom is -0.493 e. The summed E-state index contributed by atoms with van der Waals surface area (Å²) < 4.78 is 7.96. The molecular formula is C17H18N4O3. The third-order valence-corrected chi connectivity index (χ3v) is 4.29. The number of nitrogens with one attached hydrogen (secondary N) is 1. The molecule has 0 saturated heterocycles. The largest absolute Gasteiger partial charge is 0.493 e. The molecule has 7 nitrogen and oxygen atoms in total. The summed E-state index contributed by atoms with van der Waals surface area (Å²) in [4.78, 5) is 24.1. The van der Waals surface area contributed by atoms with E-state index in [0.29, 0.717) is 13.2 Å². The lowest BCUT2D eigenvalue weighted by Gasteiger charge is -2.26. The van der Waals surface area contributed by atoms with Crippen molar-refractivity contribution in [3.05, 3.63) is 56.2 Å². The number of rotatable bonds is 3. The molecule has 7 heteroatoms. The summed E-state index contributed by atoms with van der Waals surface area (Å²) in [7, 11) is 2.90. The summed E-state index contributed by atoms with van der Waals surface area (Å²) in [6, 6.07) is 9.76. The summed E-state index contributed by atoms with van der Waals surface area (Å²) in [6.07, 6.45) is 0.837. The molecule has 1 aromatic carbocycles. The van der Waals surface area contributed by atoms with Crippen LogP contribution in [0.1, 0.15) is 11.1 Å². The van der Waals surface area contributed by atoms with Gasteiger partial charge in [-0.05, 0) is 18.1 Å². The van der Waals surface area contributed by atoms with E-state index in [0.717, 1.165) is 22.3 Å². The van der Waals surface area contributed by atoms with Crippen LogP contribution in [0.5, 0.6) is 5.75 Å². The lowest BCUT2D eigenvalue weighted by atomic mass is 9.97. The van der Waals surface area contributed by atoms with E-state index in [1.54, 1.807) is 0 Å². The third kappa shape index (κ3) is 2.67. The van der Waals surface area contributed by atoms with Crippen molar-refractivity contribution in [3.8, 4) is 11.8 Å². The van der Waals surface area contributed by atoms with Crippen molar-refractivity contribution in [3.63, 3.8) is 0 Å². The fourth-order valence-electron chi connectivity index (χ4n) is 2.91. The van der Waals surface area contributed by atoms with Gasteiger partial charge < -0.3 is 10.1 Å². The molecule has 24 heavy (non-hydrogen) atoms. The van der Waals surface area contributed by atoms with E-state index in [1.807, 2.05) is 30.3 Å². The predicted octanol–water partition coefficient (Wildman–Crippen LogP) is 0.619. The number of anilines is 1. The smallest absolute Gasteiger partial charge is 0.332 e. The molecule has 1 aromatic heterocycles. The molecule has 0 fully saturated rings. The molecule has 0 amide bonds. The van der Waals surface area contributed by atoms with Crippen LogP contribution in [-0.4, -0.2) is 22.3 Å². The zero-order valence-corrected chi connectivity index (χ0v) is 13.6. The highest BCUT2D eigenvalue weighted by molar-refractivity contribution is 5.51. The minimum atomic E-state index is -0.590. The van der Waals surface area contributed by atoms with Gasteiger partial charge in [0.2, 0.25) is 0 Å². The molecule has 124 valence electrons. The van der Waals surface area contributed by atoms with E-state index in [1.165, 1.54) is 18.7 Å². The van der Waals surface area contributed by atoms with E-state index in [4.69, 9.17) is 4.74 Å². The van der Waals surface area contributed by atoms with Gasteiger partial charge in [-0.2, -0.15) is 5.26 Å². The first kappa shape index (κ1) is 15.9. The van der Waals surface area contributed by atoms with Crippen LogP contribution >= 0.6 is 0 Å². The molecular weight excluding hydrogens is 308 g/mol. The summed E-state index contributed by atoms with van der Waals surface area (Å²) in [5.74, 6) is 1.34. The van der Waals surface area contributed by atoms with Gasteiger partial charge in [0.05, 0.1) is 6.61 Å². The molecule has 1 unspecified atom stereocenters. The first-order valence-corrected chi connectivity index (χ1v) is 7.67. The standard InChI is InChI=1S/C17H18N4O3/c1-20-15(13(8-18)16(22)21(2)17(20)23)19-9-11-7-12-5-3-4-6-14(12)24-10-11/h3-6,11,19H,7,9-10H2,1-2H3. The fraction of sp³-hybridized carbons (Fsp3) is 0.353. The van der Waals surface area contributed by atoms with E-state index in [2.05, 4.69) is 5.32 Å². The van der Waals surface area contributed by atoms with Crippen LogP contribution in [-0.2, 0) is 20.5 Å². The second-order valence-electron chi connectivity index (χ2n) is 5.91. The number of para-hydroxylation sites is 1. The molecule has 2 aromatic rings. The van der Waals surface area contributed by atoms with Gasteiger partial charge in [0.15, 0.2) is 5.56 Å². The van der Waals surface area contributed by atoms with Gasteiger partial charge in [-0.15, -0.1) is 0 Å². The second-order valence-corrected chi connectivity index (χ2v) is 5.91. The molecule has 1 N–H and O–H groups in total. The molecule has 0 bridgehead atoms.